The molecule has 0 radical (unpaired) electrons. The third-order valence-corrected chi connectivity index (χ3v) is 2.87. The Morgan fingerprint density at radius 1 is 1.07 bits per heavy atom. The van der Waals surface area contributed by atoms with Crippen LogP contribution in [0.4, 0.5) is 5.82 Å². The van der Waals surface area contributed by atoms with Gasteiger partial charge in [-0.15, -0.1) is 0 Å². The van der Waals surface area contributed by atoms with Gasteiger partial charge in [0.2, 0.25) is 0 Å². The molecule has 0 amide bonds. The Morgan fingerprint density at radius 2 is 1.87 bits per heavy atom. The molecule has 0 aliphatic carbocycles. The summed E-state index contributed by atoms with van der Waals surface area (Å²) in [4.78, 5) is 8.42. The van der Waals surface area contributed by atoms with Crippen LogP contribution in [0.3, 0.4) is 0 Å². The second-order valence-electron chi connectivity index (χ2n) is 2.97. The van der Waals surface area contributed by atoms with E-state index in [-0.39, 0.29) is 0 Å². The highest BCUT2D eigenvalue weighted by atomic mass is 127. The Kier molecular flexibility index (Phi) is 3.45. The molecule has 0 fully saturated rings. The van der Waals surface area contributed by atoms with Gasteiger partial charge >= 0.3 is 0 Å². The number of halogens is 1. The summed E-state index contributed by atoms with van der Waals surface area (Å²) in [6, 6.07) is 13.8. The van der Waals surface area contributed by atoms with Crippen LogP contribution in [0.2, 0.25) is 0 Å². The average Bonchev–Trinajstić information content (AvgIpc) is 2.29. The number of hydrogen-bond acceptors (Lipinski definition) is 2. The molecule has 0 saturated heterocycles. The smallest absolute Gasteiger partial charge is 0.151 e. The molecule has 74 valence electrons. The van der Waals surface area contributed by atoms with E-state index in [0.717, 1.165) is 11.4 Å². The lowest BCUT2D eigenvalue weighted by molar-refractivity contribution is 1.28. The zero-order chi connectivity index (χ0) is 10.5. The molecule has 2 aromatic rings. The maximum atomic E-state index is 4.30. The van der Waals surface area contributed by atoms with Gasteiger partial charge in [0.25, 0.3) is 0 Å². The van der Waals surface area contributed by atoms with Crippen LogP contribution in [0.5, 0.6) is 0 Å². The Balaban J connectivity index is 2.23. The molecule has 0 bridgehead atoms. The molecule has 2 rings (SSSR count). The first-order valence-corrected chi connectivity index (χ1v) is 5.64. The van der Waals surface area contributed by atoms with E-state index in [4.69, 9.17) is 0 Å². The monoisotopic (exact) mass is 308 g/mol. The van der Waals surface area contributed by atoms with Gasteiger partial charge in [-0.2, -0.15) is 0 Å². The lowest BCUT2D eigenvalue weighted by Gasteiger charge is -1.96. The van der Waals surface area contributed by atoms with Crippen molar-refractivity contribution in [1.29, 1.82) is 0 Å². The lowest BCUT2D eigenvalue weighted by Crippen LogP contribution is -1.84. The van der Waals surface area contributed by atoms with Crippen LogP contribution in [-0.4, -0.2) is 11.2 Å². The van der Waals surface area contributed by atoms with E-state index in [1.807, 2.05) is 42.6 Å². The fraction of sp³-hybridized carbons (Fsp3) is 0. The summed E-state index contributed by atoms with van der Waals surface area (Å²) in [7, 11) is 0. The molecule has 2 nitrogen and oxygen atoms in total. The number of rotatable bonds is 2. The largest absolute Gasteiger partial charge is 0.237 e. The van der Waals surface area contributed by atoms with Crippen molar-refractivity contribution in [2.75, 3.05) is 0 Å². The van der Waals surface area contributed by atoms with Gasteiger partial charge in [0.15, 0.2) is 5.82 Å². The predicted octanol–water partition coefficient (Wildman–Crippen LogP) is 3.44. The molecule has 0 aliphatic rings. The number of hydrogen-bond donors (Lipinski definition) is 0. The molecular weight excluding hydrogens is 299 g/mol. The Bertz CT molecular complexity index is 466. The molecule has 0 saturated carbocycles. The molecule has 0 unspecified atom stereocenters. The predicted molar refractivity (Wildman–Crippen MR) is 70.7 cm³/mol. The zero-order valence-corrected chi connectivity index (χ0v) is 10.1. The fourth-order valence-corrected chi connectivity index (χ4v) is 1.67. The van der Waals surface area contributed by atoms with Crippen molar-refractivity contribution in [3.05, 3.63) is 57.8 Å². The molecule has 15 heavy (non-hydrogen) atoms. The summed E-state index contributed by atoms with van der Waals surface area (Å²) in [5.74, 6) is 0.733. The van der Waals surface area contributed by atoms with E-state index >= 15 is 0 Å². The van der Waals surface area contributed by atoms with Crippen LogP contribution in [0.1, 0.15) is 5.56 Å². The second kappa shape index (κ2) is 5.02. The van der Waals surface area contributed by atoms with E-state index in [0.29, 0.717) is 0 Å². The van der Waals surface area contributed by atoms with Gasteiger partial charge in [-0.3, -0.25) is 0 Å². The number of aromatic nitrogens is 1. The van der Waals surface area contributed by atoms with Crippen molar-refractivity contribution in [1.82, 2.24) is 4.98 Å². The van der Waals surface area contributed by atoms with Gasteiger partial charge in [-0.05, 0) is 40.8 Å². The molecule has 3 heteroatoms. The Hall–Kier alpha value is -1.23. The fourth-order valence-electron chi connectivity index (χ4n) is 1.15. The van der Waals surface area contributed by atoms with Crippen LogP contribution in [0.15, 0.2) is 53.7 Å². The Labute approximate surface area is 102 Å². The third-order valence-electron chi connectivity index (χ3n) is 1.89. The Morgan fingerprint density at radius 3 is 2.60 bits per heavy atom. The first-order valence-electron chi connectivity index (χ1n) is 4.56. The minimum Gasteiger partial charge on any atom is -0.237 e. The number of nitrogens with zero attached hydrogens (tertiary/aromatic N) is 2. The normalized spacial score (nSPS) is 10.7. The molecule has 1 heterocycles. The van der Waals surface area contributed by atoms with E-state index in [2.05, 4.69) is 38.6 Å². The van der Waals surface area contributed by atoms with Gasteiger partial charge < -0.3 is 0 Å². The van der Waals surface area contributed by atoms with Crippen LogP contribution in [0, 0.1) is 3.57 Å². The first kappa shape index (κ1) is 10.3. The number of benzene rings is 1. The molecule has 0 atom stereocenters. The highest BCUT2D eigenvalue weighted by Crippen LogP contribution is 2.11. The topological polar surface area (TPSA) is 25.2 Å². The number of aliphatic imine (C=N–C) groups is 1. The summed E-state index contributed by atoms with van der Waals surface area (Å²) in [5.41, 5.74) is 1.11. The summed E-state index contributed by atoms with van der Waals surface area (Å²) in [5, 5.41) is 0. The summed E-state index contributed by atoms with van der Waals surface area (Å²) < 4.78 is 1.19. The van der Waals surface area contributed by atoms with E-state index in [9.17, 15) is 0 Å². The quantitative estimate of drug-likeness (QED) is 0.616. The molecule has 0 N–H and O–H groups in total. The van der Waals surface area contributed by atoms with Crippen molar-refractivity contribution in [3.63, 3.8) is 0 Å². The van der Waals surface area contributed by atoms with Crippen LogP contribution in [-0.2, 0) is 0 Å². The maximum absolute atomic E-state index is 4.30. The summed E-state index contributed by atoms with van der Waals surface area (Å²) in [6.07, 6.45) is 3.58. The highest BCUT2D eigenvalue weighted by molar-refractivity contribution is 14.1. The standard InChI is InChI=1S/C12H9IN2/c13-11-6-2-1-5-10(11)9-15-12-7-3-4-8-14-12/h1-9H. The van der Waals surface area contributed by atoms with E-state index in [1.54, 1.807) is 6.20 Å². The zero-order valence-electron chi connectivity index (χ0n) is 7.97. The highest BCUT2D eigenvalue weighted by Gasteiger charge is 1.93. The molecule has 0 aliphatic heterocycles. The minimum atomic E-state index is 0.733. The SMILES string of the molecule is Ic1ccccc1C=Nc1ccccn1. The van der Waals surface area contributed by atoms with Crippen molar-refractivity contribution >= 4 is 34.6 Å². The van der Waals surface area contributed by atoms with Gasteiger partial charge in [-0.1, -0.05) is 24.3 Å². The second-order valence-corrected chi connectivity index (χ2v) is 4.13. The molecule has 0 spiro atoms. The van der Waals surface area contributed by atoms with Crippen LogP contribution in [0.25, 0.3) is 0 Å². The lowest BCUT2D eigenvalue weighted by atomic mass is 10.2. The average molecular weight is 308 g/mol. The van der Waals surface area contributed by atoms with Crippen molar-refractivity contribution in [2.24, 2.45) is 4.99 Å². The van der Waals surface area contributed by atoms with E-state index in [1.165, 1.54) is 3.57 Å². The summed E-state index contributed by atoms with van der Waals surface area (Å²) >= 11 is 2.29. The van der Waals surface area contributed by atoms with Crippen LogP contribution < -0.4 is 0 Å². The van der Waals surface area contributed by atoms with E-state index < -0.39 is 0 Å². The molecular formula is C12H9IN2. The van der Waals surface area contributed by atoms with Gasteiger partial charge in [-0.25, -0.2) is 9.98 Å². The minimum absolute atomic E-state index is 0.733. The van der Waals surface area contributed by atoms with Crippen molar-refractivity contribution in [3.8, 4) is 0 Å². The van der Waals surface area contributed by atoms with Crippen molar-refractivity contribution < 1.29 is 0 Å². The first-order chi connectivity index (χ1) is 7.36. The van der Waals surface area contributed by atoms with Gasteiger partial charge in [0, 0.05) is 21.5 Å². The number of pyridine rings is 1. The maximum Gasteiger partial charge on any atom is 0.151 e. The molecule has 1 aromatic heterocycles. The third kappa shape index (κ3) is 2.86. The summed E-state index contributed by atoms with van der Waals surface area (Å²) in [6.45, 7) is 0. The van der Waals surface area contributed by atoms with Crippen LogP contribution >= 0.6 is 22.6 Å². The van der Waals surface area contributed by atoms with Gasteiger partial charge in [0.1, 0.15) is 0 Å². The molecule has 1 aromatic carbocycles. The van der Waals surface area contributed by atoms with Gasteiger partial charge in [0.05, 0.1) is 0 Å². The van der Waals surface area contributed by atoms with Crippen molar-refractivity contribution in [2.45, 2.75) is 0 Å².